The second-order valence-electron chi connectivity index (χ2n) is 10.1. The normalized spacial score (nSPS) is 11.9. The molecule has 5 aromatic rings. The van der Waals surface area contributed by atoms with Crippen molar-refractivity contribution in [2.24, 2.45) is 0 Å². The third kappa shape index (κ3) is 5.47. The first kappa shape index (κ1) is 27.1. The third-order valence-corrected chi connectivity index (χ3v) is 6.97. The van der Waals surface area contributed by atoms with Crippen LogP contribution in [-0.4, -0.2) is 36.2 Å². The number of carbonyl (C=O) groups is 1. The number of fused-ring (bicyclic) bond motifs is 3. The molecule has 1 N–H and O–H groups in total. The fraction of sp³-hybridized carbons (Fsp3) is 0.267. The zero-order chi connectivity index (χ0) is 28.6. The van der Waals surface area contributed by atoms with E-state index in [0.717, 1.165) is 17.8 Å². The van der Waals surface area contributed by atoms with Crippen LogP contribution in [0.5, 0.6) is 0 Å². The monoisotopic (exact) mass is 546 g/mol. The summed E-state index contributed by atoms with van der Waals surface area (Å²) >= 11 is 0. The second-order valence-corrected chi connectivity index (χ2v) is 10.1. The molecule has 0 aliphatic carbocycles. The summed E-state index contributed by atoms with van der Waals surface area (Å²) < 4.78 is 40.7. The molecule has 40 heavy (non-hydrogen) atoms. The van der Waals surface area contributed by atoms with Gasteiger partial charge in [0, 0.05) is 36.7 Å². The number of halogens is 3. The first-order valence-electron chi connectivity index (χ1n) is 12.9. The Morgan fingerprint density at radius 1 is 1.02 bits per heavy atom. The number of imidazole rings is 1. The minimum atomic E-state index is -4.47. The van der Waals surface area contributed by atoms with E-state index < -0.39 is 11.7 Å². The third-order valence-electron chi connectivity index (χ3n) is 6.97. The molecule has 5 rings (SSSR count). The first-order valence-corrected chi connectivity index (χ1v) is 12.9. The SMILES string of the molecule is Cc1ccc(CNc2nc3ccc(C(=O)N(Cc4ccc(C(F)(F)F)cn4)C(C)C)cc3n3ccnc23)cc1C. The average Bonchev–Trinajstić information content (AvgIpc) is 3.42. The predicted octanol–water partition coefficient (Wildman–Crippen LogP) is 6.58. The molecule has 3 aromatic heterocycles. The Bertz CT molecular complexity index is 1690. The van der Waals surface area contributed by atoms with Gasteiger partial charge in [-0.1, -0.05) is 18.2 Å². The molecule has 206 valence electrons. The molecule has 7 nitrogen and oxygen atoms in total. The lowest BCUT2D eigenvalue weighted by molar-refractivity contribution is -0.137. The topological polar surface area (TPSA) is 75.4 Å². The Hall–Kier alpha value is -4.47. The van der Waals surface area contributed by atoms with E-state index >= 15 is 0 Å². The summed E-state index contributed by atoms with van der Waals surface area (Å²) in [6.45, 7) is 8.53. The highest BCUT2D eigenvalue weighted by Crippen LogP contribution is 2.29. The summed E-state index contributed by atoms with van der Waals surface area (Å²) in [4.78, 5) is 28.4. The van der Waals surface area contributed by atoms with Crippen molar-refractivity contribution in [1.82, 2.24) is 24.3 Å². The van der Waals surface area contributed by atoms with Gasteiger partial charge in [0.05, 0.1) is 28.8 Å². The van der Waals surface area contributed by atoms with Gasteiger partial charge in [-0.2, -0.15) is 13.2 Å². The van der Waals surface area contributed by atoms with Crippen molar-refractivity contribution in [1.29, 1.82) is 0 Å². The highest BCUT2D eigenvalue weighted by atomic mass is 19.4. The van der Waals surface area contributed by atoms with Crippen molar-refractivity contribution < 1.29 is 18.0 Å². The van der Waals surface area contributed by atoms with Crippen LogP contribution in [0.1, 0.15) is 52.2 Å². The quantitative estimate of drug-likeness (QED) is 0.250. The number of aryl methyl sites for hydroxylation is 2. The molecule has 0 radical (unpaired) electrons. The maximum Gasteiger partial charge on any atom is 0.417 e. The number of rotatable bonds is 7. The van der Waals surface area contributed by atoms with Crippen LogP contribution in [0.3, 0.4) is 0 Å². The van der Waals surface area contributed by atoms with Crippen molar-refractivity contribution in [3.63, 3.8) is 0 Å². The lowest BCUT2D eigenvalue weighted by Gasteiger charge is -2.27. The molecule has 0 saturated heterocycles. The zero-order valence-corrected chi connectivity index (χ0v) is 22.6. The molecule has 0 aliphatic rings. The van der Waals surface area contributed by atoms with Gasteiger partial charge in [0.1, 0.15) is 0 Å². The number of nitrogens with one attached hydrogen (secondary N) is 1. The van der Waals surface area contributed by atoms with Crippen LogP contribution >= 0.6 is 0 Å². The molecule has 0 aliphatic heterocycles. The van der Waals surface area contributed by atoms with E-state index in [2.05, 4.69) is 47.3 Å². The summed E-state index contributed by atoms with van der Waals surface area (Å²) in [6.07, 6.45) is -0.169. The smallest absolute Gasteiger partial charge is 0.363 e. The lowest BCUT2D eigenvalue weighted by atomic mass is 10.1. The summed E-state index contributed by atoms with van der Waals surface area (Å²) in [5.74, 6) is 0.371. The fourth-order valence-electron chi connectivity index (χ4n) is 4.52. The highest BCUT2D eigenvalue weighted by Gasteiger charge is 2.31. The summed E-state index contributed by atoms with van der Waals surface area (Å²) in [7, 11) is 0. The maximum absolute atomic E-state index is 13.6. The number of carbonyl (C=O) groups excluding carboxylic acids is 1. The molecule has 0 atom stereocenters. The molecule has 1 amide bonds. The van der Waals surface area contributed by atoms with Gasteiger partial charge < -0.3 is 10.2 Å². The molecule has 2 aromatic carbocycles. The van der Waals surface area contributed by atoms with Gasteiger partial charge in [-0.15, -0.1) is 0 Å². The average molecular weight is 547 g/mol. The van der Waals surface area contributed by atoms with Crippen molar-refractivity contribution in [3.8, 4) is 0 Å². The minimum Gasteiger partial charge on any atom is -0.363 e. The van der Waals surface area contributed by atoms with Gasteiger partial charge in [-0.3, -0.25) is 14.2 Å². The fourth-order valence-corrected chi connectivity index (χ4v) is 4.52. The Balaban J connectivity index is 1.42. The van der Waals surface area contributed by atoms with Gasteiger partial charge in [-0.25, -0.2) is 9.97 Å². The van der Waals surface area contributed by atoms with Gasteiger partial charge in [0.25, 0.3) is 5.91 Å². The van der Waals surface area contributed by atoms with Crippen molar-refractivity contribution in [2.75, 3.05) is 5.32 Å². The molecular weight excluding hydrogens is 517 g/mol. The zero-order valence-electron chi connectivity index (χ0n) is 22.6. The van der Waals surface area contributed by atoms with Crippen LogP contribution in [0.15, 0.2) is 67.1 Å². The van der Waals surface area contributed by atoms with Gasteiger partial charge in [0.15, 0.2) is 11.5 Å². The Morgan fingerprint density at radius 2 is 1.82 bits per heavy atom. The standard InChI is InChI=1S/C30H29F3N6O/c1-18(2)39(17-24-9-8-23(16-35-24)30(31,32)33)29(40)22-7-10-25-26(14-22)38-12-11-34-28(38)27(37-25)36-15-21-6-5-19(3)20(4)13-21/h5-14,16,18H,15,17H2,1-4H3,(H,36,37). The number of amides is 1. The second kappa shape index (κ2) is 10.6. The van der Waals surface area contributed by atoms with Crippen molar-refractivity contribution in [3.05, 3.63) is 101 Å². The molecule has 0 unspecified atom stereocenters. The van der Waals surface area contributed by atoms with E-state index in [9.17, 15) is 18.0 Å². The number of alkyl halides is 3. The Morgan fingerprint density at radius 3 is 2.50 bits per heavy atom. The molecule has 10 heteroatoms. The van der Waals surface area contributed by atoms with Gasteiger partial charge in [-0.05, 0) is 74.7 Å². The Kier molecular flexibility index (Phi) is 7.18. The van der Waals surface area contributed by atoms with Crippen LogP contribution in [0.25, 0.3) is 16.7 Å². The van der Waals surface area contributed by atoms with E-state index in [0.29, 0.717) is 40.3 Å². The molecule has 0 saturated carbocycles. The molecular formula is C30H29F3N6O. The number of pyridine rings is 1. The van der Waals surface area contributed by atoms with E-state index in [4.69, 9.17) is 4.98 Å². The number of benzene rings is 2. The van der Waals surface area contributed by atoms with Crippen LogP contribution in [0.4, 0.5) is 19.0 Å². The van der Waals surface area contributed by atoms with E-state index in [1.165, 1.54) is 17.2 Å². The molecule has 0 fully saturated rings. The van der Waals surface area contributed by atoms with Crippen molar-refractivity contribution in [2.45, 2.75) is 53.0 Å². The summed E-state index contributed by atoms with van der Waals surface area (Å²) in [5, 5.41) is 3.39. The number of anilines is 1. The van der Waals surface area contributed by atoms with E-state index in [1.54, 1.807) is 29.3 Å². The van der Waals surface area contributed by atoms with Crippen LogP contribution in [-0.2, 0) is 19.3 Å². The molecule has 0 spiro atoms. The largest absolute Gasteiger partial charge is 0.417 e. The predicted molar refractivity (Wildman–Crippen MR) is 148 cm³/mol. The molecule has 3 heterocycles. The lowest BCUT2D eigenvalue weighted by Crippen LogP contribution is -2.36. The van der Waals surface area contributed by atoms with Gasteiger partial charge >= 0.3 is 6.18 Å². The summed E-state index contributed by atoms with van der Waals surface area (Å²) in [6, 6.07) is 13.7. The number of hydrogen-bond acceptors (Lipinski definition) is 5. The highest BCUT2D eigenvalue weighted by molar-refractivity contribution is 5.98. The Labute approximate surface area is 229 Å². The number of nitrogens with zero attached hydrogens (tertiary/aromatic N) is 5. The minimum absolute atomic E-state index is 0.0761. The molecule has 0 bridgehead atoms. The van der Waals surface area contributed by atoms with Gasteiger partial charge in [0.2, 0.25) is 0 Å². The first-order chi connectivity index (χ1) is 19.0. The summed E-state index contributed by atoms with van der Waals surface area (Å²) in [5.41, 5.74) is 5.60. The van der Waals surface area contributed by atoms with Crippen LogP contribution in [0.2, 0.25) is 0 Å². The van der Waals surface area contributed by atoms with E-state index in [-0.39, 0.29) is 18.5 Å². The number of hydrogen-bond donors (Lipinski definition) is 1. The maximum atomic E-state index is 13.6. The van der Waals surface area contributed by atoms with Crippen molar-refractivity contribution >= 4 is 28.4 Å². The van der Waals surface area contributed by atoms with Crippen LogP contribution in [0, 0.1) is 13.8 Å². The van der Waals surface area contributed by atoms with Crippen LogP contribution < -0.4 is 5.32 Å². The van der Waals surface area contributed by atoms with E-state index in [1.807, 2.05) is 24.4 Å². The number of aromatic nitrogens is 4.